The van der Waals surface area contributed by atoms with E-state index in [2.05, 4.69) is 20.0 Å². The van der Waals surface area contributed by atoms with Crippen LogP contribution < -0.4 is 5.32 Å². The van der Waals surface area contributed by atoms with E-state index in [1.165, 1.54) is 19.2 Å². The first kappa shape index (κ1) is 16.0. The smallest absolute Gasteiger partial charge is 0.437 e. The van der Waals surface area contributed by atoms with Gasteiger partial charge >= 0.3 is 12.1 Å². The van der Waals surface area contributed by atoms with Gasteiger partial charge in [0.25, 0.3) is 0 Å². The van der Waals surface area contributed by atoms with Crippen molar-refractivity contribution in [3.05, 3.63) is 29.8 Å². The summed E-state index contributed by atoms with van der Waals surface area (Å²) in [5, 5.41) is 6.14. The number of hydrogen-bond acceptors (Lipinski definition) is 5. The summed E-state index contributed by atoms with van der Waals surface area (Å²) in [4.78, 5) is 27.2. The minimum Gasteiger partial charge on any atom is -0.465 e. The fourth-order valence-corrected chi connectivity index (χ4v) is 1.51. The van der Waals surface area contributed by atoms with Crippen LogP contribution in [0.2, 0.25) is 0 Å². The van der Waals surface area contributed by atoms with Crippen molar-refractivity contribution < 1.29 is 19.2 Å². The first-order valence-corrected chi connectivity index (χ1v) is 6.33. The zero-order chi connectivity index (χ0) is 15.0. The molecule has 0 bridgehead atoms. The molecule has 108 valence electrons. The van der Waals surface area contributed by atoms with Gasteiger partial charge in [-0.2, -0.15) is 0 Å². The van der Waals surface area contributed by atoms with Crippen LogP contribution in [0.3, 0.4) is 0 Å². The molecule has 0 saturated heterocycles. The third kappa shape index (κ3) is 5.27. The lowest BCUT2D eigenvalue weighted by Crippen LogP contribution is -2.11. The molecule has 7 heteroatoms. The Morgan fingerprint density at radius 2 is 1.95 bits per heavy atom. The standard InChI is InChI=1S/C13H15ClN2O4/c1-3-4-11(14)16-20-13(18)15-10-7-5-9(6-8-10)12(17)19-2/h5-8H,3-4H2,1-2H3,(H,15,18)/b16-11+. The first-order chi connectivity index (χ1) is 9.56. The molecule has 0 aliphatic carbocycles. The number of hydrogen-bond donors (Lipinski definition) is 1. The maximum absolute atomic E-state index is 11.4. The van der Waals surface area contributed by atoms with Gasteiger partial charge < -0.3 is 4.74 Å². The number of methoxy groups -OCH3 is 1. The van der Waals surface area contributed by atoms with Crippen molar-refractivity contribution in [1.29, 1.82) is 0 Å². The van der Waals surface area contributed by atoms with Gasteiger partial charge in [-0.05, 0) is 30.7 Å². The van der Waals surface area contributed by atoms with Crippen molar-refractivity contribution in [2.24, 2.45) is 5.16 Å². The number of halogens is 1. The van der Waals surface area contributed by atoms with Crippen LogP contribution in [-0.4, -0.2) is 24.3 Å². The molecule has 0 aliphatic rings. The number of benzene rings is 1. The Labute approximate surface area is 121 Å². The molecule has 1 amide bonds. The number of rotatable bonds is 5. The lowest BCUT2D eigenvalue weighted by Gasteiger charge is -2.04. The normalized spacial score (nSPS) is 10.8. The molecule has 0 saturated carbocycles. The number of nitrogens with one attached hydrogen (secondary N) is 1. The molecule has 1 N–H and O–H groups in total. The molecule has 1 aromatic rings. The average molecular weight is 299 g/mol. The van der Waals surface area contributed by atoms with Gasteiger partial charge in [0.15, 0.2) is 0 Å². The highest BCUT2D eigenvalue weighted by Gasteiger charge is 2.07. The molecule has 20 heavy (non-hydrogen) atoms. The van der Waals surface area contributed by atoms with Gasteiger partial charge in [0.05, 0.1) is 12.7 Å². The number of carbonyl (C=O) groups excluding carboxylic acids is 2. The summed E-state index contributed by atoms with van der Waals surface area (Å²) in [7, 11) is 1.30. The number of nitrogens with zero attached hydrogens (tertiary/aromatic N) is 1. The van der Waals surface area contributed by atoms with E-state index in [4.69, 9.17) is 11.6 Å². The van der Waals surface area contributed by atoms with E-state index in [0.29, 0.717) is 17.7 Å². The lowest BCUT2D eigenvalue weighted by atomic mass is 10.2. The molecule has 0 radical (unpaired) electrons. The maximum Gasteiger partial charge on any atom is 0.437 e. The van der Waals surface area contributed by atoms with E-state index in [1.54, 1.807) is 12.1 Å². The highest BCUT2D eigenvalue weighted by atomic mass is 35.5. The van der Waals surface area contributed by atoms with Gasteiger partial charge in [0.1, 0.15) is 5.17 Å². The SMILES string of the molecule is CCC/C(Cl)=N\OC(=O)Nc1ccc(C(=O)OC)cc1. The van der Waals surface area contributed by atoms with Crippen molar-refractivity contribution in [3.63, 3.8) is 0 Å². The van der Waals surface area contributed by atoms with Crippen LogP contribution in [-0.2, 0) is 9.57 Å². The molecule has 1 aromatic carbocycles. The molecular formula is C13H15ClN2O4. The quantitative estimate of drug-likeness (QED) is 0.391. The lowest BCUT2D eigenvalue weighted by molar-refractivity contribution is 0.0600. The second-order valence-electron chi connectivity index (χ2n) is 3.79. The molecule has 0 unspecified atom stereocenters. The molecule has 0 spiro atoms. The minimum atomic E-state index is -0.759. The average Bonchev–Trinajstić information content (AvgIpc) is 2.45. The maximum atomic E-state index is 11.4. The topological polar surface area (TPSA) is 77.0 Å². The van der Waals surface area contributed by atoms with Crippen LogP contribution in [0.5, 0.6) is 0 Å². The number of esters is 1. The Kier molecular flexibility index (Phi) is 6.52. The molecule has 1 rings (SSSR count). The van der Waals surface area contributed by atoms with Gasteiger partial charge in [-0.15, -0.1) is 0 Å². The zero-order valence-electron chi connectivity index (χ0n) is 11.2. The van der Waals surface area contributed by atoms with E-state index in [-0.39, 0.29) is 5.17 Å². The van der Waals surface area contributed by atoms with Crippen LogP contribution >= 0.6 is 11.6 Å². The van der Waals surface area contributed by atoms with Gasteiger partial charge in [-0.3, -0.25) is 10.2 Å². The second-order valence-corrected chi connectivity index (χ2v) is 4.23. The fourth-order valence-electron chi connectivity index (χ4n) is 1.29. The highest BCUT2D eigenvalue weighted by Crippen LogP contribution is 2.11. The Bertz CT molecular complexity index is 500. The Balaban J connectivity index is 2.54. The van der Waals surface area contributed by atoms with Gasteiger partial charge in [0.2, 0.25) is 0 Å². The monoisotopic (exact) mass is 298 g/mol. The summed E-state index contributed by atoms with van der Waals surface area (Å²) in [5.41, 5.74) is 0.847. The van der Waals surface area contributed by atoms with Crippen LogP contribution in [0.15, 0.2) is 29.4 Å². The minimum absolute atomic E-state index is 0.226. The number of amides is 1. The highest BCUT2D eigenvalue weighted by molar-refractivity contribution is 6.65. The third-order valence-electron chi connectivity index (χ3n) is 2.24. The van der Waals surface area contributed by atoms with Crippen molar-refractivity contribution in [2.75, 3.05) is 12.4 Å². The van der Waals surface area contributed by atoms with E-state index < -0.39 is 12.1 Å². The second kappa shape index (κ2) is 8.16. The summed E-state index contributed by atoms with van der Waals surface area (Å²) in [6.45, 7) is 1.93. The molecule has 0 heterocycles. The van der Waals surface area contributed by atoms with Crippen molar-refractivity contribution in [2.45, 2.75) is 19.8 Å². The van der Waals surface area contributed by atoms with Crippen molar-refractivity contribution >= 4 is 34.5 Å². The Hall–Kier alpha value is -2.08. The summed E-state index contributed by atoms with van der Waals surface area (Å²) in [6, 6.07) is 6.14. The fraction of sp³-hybridized carbons (Fsp3) is 0.308. The number of carbonyl (C=O) groups is 2. The van der Waals surface area contributed by atoms with Crippen LogP contribution in [0.4, 0.5) is 10.5 Å². The van der Waals surface area contributed by atoms with Crippen molar-refractivity contribution in [1.82, 2.24) is 0 Å². The molecule has 6 nitrogen and oxygen atoms in total. The third-order valence-corrected chi connectivity index (χ3v) is 2.49. The largest absolute Gasteiger partial charge is 0.465 e. The Morgan fingerprint density at radius 1 is 1.30 bits per heavy atom. The number of ether oxygens (including phenoxy) is 1. The van der Waals surface area contributed by atoms with E-state index in [1.807, 2.05) is 6.92 Å². The summed E-state index contributed by atoms with van der Waals surface area (Å²) >= 11 is 5.69. The van der Waals surface area contributed by atoms with E-state index in [9.17, 15) is 9.59 Å². The predicted molar refractivity (Wildman–Crippen MR) is 76.1 cm³/mol. The van der Waals surface area contributed by atoms with Gasteiger partial charge in [-0.1, -0.05) is 23.7 Å². The Morgan fingerprint density at radius 3 is 2.50 bits per heavy atom. The molecule has 0 fully saturated rings. The molecule has 0 aromatic heterocycles. The number of oxime groups is 1. The van der Waals surface area contributed by atoms with Crippen LogP contribution in [0.1, 0.15) is 30.1 Å². The van der Waals surface area contributed by atoms with Gasteiger partial charge in [-0.25, -0.2) is 9.59 Å². The van der Waals surface area contributed by atoms with Crippen LogP contribution in [0.25, 0.3) is 0 Å². The summed E-state index contributed by atoms with van der Waals surface area (Å²) in [6.07, 6.45) is 0.593. The van der Waals surface area contributed by atoms with E-state index in [0.717, 1.165) is 6.42 Å². The van der Waals surface area contributed by atoms with Crippen LogP contribution in [0, 0.1) is 0 Å². The predicted octanol–water partition coefficient (Wildman–Crippen LogP) is 3.37. The van der Waals surface area contributed by atoms with E-state index >= 15 is 0 Å². The number of anilines is 1. The molecular weight excluding hydrogens is 284 g/mol. The van der Waals surface area contributed by atoms with Crippen molar-refractivity contribution in [3.8, 4) is 0 Å². The van der Waals surface area contributed by atoms with Gasteiger partial charge in [0, 0.05) is 12.1 Å². The first-order valence-electron chi connectivity index (χ1n) is 5.95. The molecule has 0 atom stereocenters. The summed E-state index contributed by atoms with van der Waals surface area (Å²) in [5.74, 6) is -0.449. The zero-order valence-corrected chi connectivity index (χ0v) is 11.9. The summed E-state index contributed by atoms with van der Waals surface area (Å²) < 4.78 is 4.56. The molecule has 0 aliphatic heterocycles.